The van der Waals surface area contributed by atoms with E-state index in [0.29, 0.717) is 25.8 Å². The molecule has 0 amide bonds. The van der Waals surface area contributed by atoms with Gasteiger partial charge in [0.1, 0.15) is 12.3 Å². The van der Waals surface area contributed by atoms with Crippen LogP contribution in [0.25, 0.3) is 5.52 Å². The zero-order valence-corrected chi connectivity index (χ0v) is 21.7. The van der Waals surface area contributed by atoms with Crippen LogP contribution < -0.4 is 16.5 Å². The number of alkyl halides is 7. The largest absolute Gasteiger partial charge is 0.418 e. The first kappa shape index (κ1) is 28.4. The molecule has 2 aliphatic heterocycles. The maximum Gasteiger partial charge on any atom is 0.418 e. The monoisotopic (exact) mass is 566 g/mol. The molecule has 5 atom stereocenters. The number of nitrogens with one attached hydrogen (secondary N) is 2. The van der Waals surface area contributed by atoms with E-state index in [2.05, 4.69) is 10.9 Å². The van der Waals surface area contributed by atoms with Crippen LogP contribution in [0.5, 0.6) is 0 Å². The molecule has 0 spiro atoms. The van der Waals surface area contributed by atoms with Crippen LogP contribution in [0.2, 0.25) is 0 Å². The Bertz CT molecular complexity index is 1260. The molecule has 4 heterocycles. The van der Waals surface area contributed by atoms with E-state index in [-0.39, 0.29) is 43.7 Å². The molecule has 14 heteroatoms. The zero-order chi connectivity index (χ0) is 28.3. The Morgan fingerprint density at radius 3 is 2.44 bits per heavy atom. The number of nitrogens with zero attached hydrogens (tertiary/aromatic N) is 4. The summed E-state index contributed by atoms with van der Waals surface area (Å²) in [6.45, 7) is 1.52. The summed E-state index contributed by atoms with van der Waals surface area (Å²) in [5, 5.41) is 0. The Hall–Kier alpha value is -2.16. The topological polar surface area (TPSA) is 56.9 Å². The van der Waals surface area contributed by atoms with Crippen LogP contribution in [0, 0.1) is 5.92 Å². The van der Waals surface area contributed by atoms with Crippen LogP contribution >= 0.6 is 0 Å². The minimum absolute atomic E-state index is 0.0519. The highest BCUT2D eigenvalue weighted by atomic mass is 19.4. The molecule has 2 aromatic heterocycles. The Balaban J connectivity index is 1.46. The van der Waals surface area contributed by atoms with Crippen molar-refractivity contribution in [3.8, 4) is 0 Å². The van der Waals surface area contributed by atoms with Crippen LogP contribution in [0.4, 0.5) is 30.7 Å². The molecule has 39 heavy (non-hydrogen) atoms. The van der Waals surface area contributed by atoms with Crippen LogP contribution in [0.3, 0.4) is 0 Å². The summed E-state index contributed by atoms with van der Waals surface area (Å²) >= 11 is 0. The van der Waals surface area contributed by atoms with Crippen LogP contribution in [0.15, 0.2) is 23.3 Å². The number of hydrazine groups is 1. The Morgan fingerprint density at radius 2 is 1.82 bits per heavy atom. The average Bonchev–Trinajstić information content (AvgIpc) is 3.57. The van der Waals surface area contributed by atoms with Crippen molar-refractivity contribution in [1.82, 2.24) is 29.6 Å². The van der Waals surface area contributed by atoms with Crippen LogP contribution in [0.1, 0.15) is 56.2 Å². The van der Waals surface area contributed by atoms with Crippen molar-refractivity contribution in [1.29, 1.82) is 0 Å². The summed E-state index contributed by atoms with van der Waals surface area (Å²) in [5.41, 5.74) is 0.133. The fourth-order valence-electron chi connectivity index (χ4n) is 6.31. The van der Waals surface area contributed by atoms with Crippen molar-refractivity contribution < 1.29 is 30.7 Å². The number of halogens is 7. The normalized spacial score (nSPS) is 29.4. The number of hydrogen-bond donors (Lipinski definition) is 2. The van der Waals surface area contributed by atoms with Gasteiger partial charge in [-0.15, -0.1) is 0 Å². The third kappa shape index (κ3) is 5.08. The highest BCUT2D eigenvalue weighted by molar-refractivity contribution is 5.56. The number of fused-ring (bicyclic) bond motifs is 1. The first-order chi connectivity index (χ1) is 18.2. The molecule has 2 aromatic rings. The molecule has 2 saturated heterocycles. The van der Waals surface area contributed by atoms with Crippen molar-refractivity contribution in [2.45, 2.75) is 81.7 Å². The predicted molar refractivity (Wildman–Crippen MR) is 130 cm³/mol. The van der Waals surface area contributed by atoms with Gasteiger partial charge in [-0.3, -0.25) is 18.8 Å². The third-order valence-electron chi connectivity index (χ3n) is 8.58. The van der Waals surface area contributed by atoms with E-state index in [1.807, 2.05) is 0 Å². The van der Waals surface area contributed by atoms with E-state index in [1.54, 1.807) is 4.90 Å². The number of hydrogen-bond acceptors (Lipinski definition) is 5. The highest BCUT2D eigenvalue weighted by Gasteiger charge is 2.62. The number of imidazole rings is 1. The van der Waals surface area contributed by atoms with Crippen molar-refractivity contribution >= 4 is 5.52 Å². The van der Waals surface area contributed by atoms with E-state index in [9.17, 15) is 22.4 Å². The molecule has 3 fully saturated rings. The predicted octanol–water partition coefficient (Wildman–Crippen LogP) is 4.08. The van der Waals surface area contributed by atoms with Gasteiger partial charge in [0.15, 0.2) is 5.67 Å². The van der Waals surface area contributed by atoms with Gasteiger partial charge in [-0.05, 0) is 51.3 Å². The van der Waals surface area contributed by atoms with Gasteiger partial charge in [0.2, 0.25) is 0 Å². The zero-order valence-electron chi connectivity index (χ0n) is 21.7. The highest BCUT2D eigenvalue weighted by Crippen LogP contribution is 2.49. The van der Waals surface area contributed by atoms with Gasteiger partial charge in [0.25, 0.3) is 0 Å². The lowest BCUT2D eigenvalue weighted by molar-refractivity contribution is -0.198. The lowest BCUT2D eigenvalue weighted by Gasteiger charge is -2.43. The summed E-state index contributed by atoms with van der Waals surface area (Å²) in [4.78, 5) is 16.3. The average molecular weight is 567 g/mol. The molecule has 2 N–H and O–H groups in total. The molecule has 5 rings (SSSR count). The number of pyridine rings is 1. The van der Waals surface area contributed by atoms with Crippen molar-refractivity contribution in [3.05, 3.63) is 40.1 Å². The van der Waals surface area contributed by atoms with Gasteiger partial charge in [-0.25, -0.2) is 24.4 Å². The molecular weight excluding hydrogens is 533 g/mol. The molecule has 1 saturated carbocycles. The Labute approximate surface area is 220 Å². The maximum atomic E-state index is 16.0. The molecule has 3 aliphatic rings. The fraction of sp³-hybridized carbons (Fsp3) is 0.720. The van der Waals surface area contributed by atoms with E-state index in [4.69, 9.17) is 0 Å². The molecule has 7 nitrogen and oxygen atoms in total. The fourth-order valence-corrected chi connectivity index (χ4v) is 6.31. The second-order valence-corrected chi connectivity index (χ2v) is 11.3. The summed E-state index contributed by atoms with van der Waals surface area (Å²) in [7, 11) is 1.43. The smallest absolute Gasteiger partial charge is 0.296 e. The summed E-state index contributed by atoms with van der Waals surface area (Å²) in [6, 6.07) is 0.219. The van der Waals surface area contributed by atoms with Gasteiger partial charge in [0, 0.05) is 44.0 Å². The van der Waals surface area contributed by atoms with E-state index >= 15 is 13.2 Å². The van der Waals surface area contributed by atoms with Gasteiger partial charge in [-0.1, -0.05) is 6.42 Å². The van der Waals surface area contributed by atoms with Gasteiger partial charge in [0.05, 0.1) is 17.7 Å². The maximum absolute atomic E-state index is 16.0. The Kier molecular flexibility index (Phi) is 7.30. The molecule has 0 bridgehead atoms. The van der Waals surface area contributed by atoms with Gasteiger partial charge >= 0.3 is 17.8 Å². The molecule has 3 unspecified atom stereocenters. The molecule has 1 aliphatic carbocycles. The van der Waals surface area contributed by atoms with E-state index in [0.717, 1.165) is 28.2 Å². The minimum atomic E-state index is -4.77. The third-order valence-corrected chi connectivity index (χ3v) is 8.58. The standard InChI is InChI=1S/C25H33F7N6O/c1-23(27,24(28,29)21-34-33-14-35(21)2)16-4-3-5-18(9-16)37-13-20-19(25(30,31)32)8-15(11-38(20)22(37)39)10-36-7-6-17(26)12-36/h8,11,13,16-18,21,33-34H,3-7,9-10,12,14H2,1-2H3/t16?,17-,18?,21?,23-/m0/s1. The van der Waals surface area contributed by atoms with Gasteiger partial charge < -0.3 is 0 Å². The minimum Gasteiger partial charge on any atom is -0.296 e. The lowest BCUT2D eigenvalue weighted by Crippen LogP contribution is -2.62. The van der Waals surface area contributed by atoms with Crippen LogP contribution in [-0.2, 0) is 12.7 Å². The summed E-state index contributed by atoms with van der Waals surface area (Å²) in [6.07, 6.45) is -3.96. The first-order valence-corrected chi connectivity index (χ1v) is 13.1. The van der Waals surface area contributed by atoms with Crippen molar-refractivity contribution in [2.75, 3.05) is 26.8 Å². The summed E-state index contributed by atoms with van der Waals surface area (Å²) < 4.78 is 105. The van der Waals surface area contributed by atoms with Gasteiger partial charge in [-0.2, -0.15) is 22.0 Å². The number of rotatable bonds is 6. The van der Waals surface area contributed by atoms with E-state index in [1.165, 1.54) is 18.1 Å². The van der Waals surface area contributed by atoms with Crippen molar-refractivity contribution in [3.63, 3.8) is 0 Å². The number of aromatic nitrogens is 2. The van der Waals surface area contributed by atoms with Crippen molar-refractivity contribution in [2.24, 2.45) is 5.92 Å². The second kappa shape index (κ2) is 10.0. The molecular formula is C25H33F7N6O. The van der Waals surface area contributed by atoms with Crippen LogP contribution in [-0.4, -0.2) is 69.5 Å². The van der Waals surface area contributed by atoms with E-state index < -0.39 is 53.3 Å². The molecule has 218 valence electrons. The Morgan fingerprint density at radius 1 is 1.08 bits per heavy atom. The molecule has 0 radical (unpaired) electrons. The SMILES string of the molecule is CN1CNNC1C(F)(F)[C@@](C)(F)C1CCCC(n2cc3c(C(F)(F)F)cc(CN4CC[C@H](F)C4)cn3c2=O)C1. The number of likely N-dealkylation sites (tertiary alicyclic amines) is 1. The molecule has 0 aromatic carbocycles. The lowest BCUT2D eigenvalue weighted by atomic mass is 9.73. The summed E-state index contributed by atoms with van der Waals surface area (Å²) in [5.74, 6) is -4.92. The first-order valence-electron chi connectivity index (χ1n) is 13.1. The second-order valence-electron chi connectivity index (χ2n) is 11.3. The quantitative estimate of drug-likeness (QED) is 0.517.